The van der Waals surface area contributed by atoms with Crippen molar-refractivity contribution < 1.29 is 27.4 Å². The molecule has 0 aromatic heterocycles. The summed E-state index contributed by atoms with van der Waals surface area (Å²) in [5, 5.41) is 0.465. The van der Waals surface area contributed by atoms with E-state index >= 15 is 0 Å². The Morgan fingerprint density at radius 1 is 0.971 bits per heavy atom. The fraction of sp³-hybridized carbons (Fsp3) is 0.458. The normalized spacial score (nSPS) is 20.9. The fourth-order valence-corrected chi connectivity index (χ4v) is 7.34. The van der Waals surface area contributed by atoms with Crippen LogP contribution in [0.4, 0.5) is 0 Å². The molecule has 2 aliphatic rings. The lowest BCUT2D eigenvalue weighted by molar-refractivity contribution is -0.135. The predicted molar refractivity (Wildman–Crippen MR) is 133 cm³/mol. The molecule has 2 heterocycles. The highest BCUT2D eigenvalue weighted by Gasteiger charge is 2.46. The summed E-state index contributed by atoms with van der Waals surface area (Å²) in [5.74, 6) is 1.52. The molecule has 0 unspecified atom stereocenters. The number of carbonyl (C=O) groups is 1. The summed E-state index contributed by atoms with van der Waals surface area (Å²) in [6, 6.07) is 8.45. The molecular formula is C24H28Cl2N2O6S. The maximum atomic E-state index is 13.6. The van der Waals surface area contributed by atoms with E-state index in [9.17, 15) is 13.2 Å². The summed E-state index contributed by atoms with van der Waals surface area (Å²) in [6.07, 6.45) is 2.51. The largest absolute Gasteiger partial charge is 0.493 e. The minimum absolute atomic E-state index is 0.00457. The summed E-state index contributed by atoms with van der Waals surface area (Å²) < 4.78 is 45.0. The van der Waals surface area contributed by atoms with E-state index in [4.69, 9.17) is 37.4 Å². The number of ether oxygens (including phenoxy) is 3. The highest BCUT2D eigenvalue weighted by atomic mass is 35.5. The van der Waals surface area contributed by atoms with Crippen molar-refractivity contribution in [1.82, 2.24) is 9.21 Å². The molecule has 0 radical (unpaired) electrons. The summed E-state index contributed by atoms with van der Waals surface area (Å²) in [6.45, 7) is 1.06. The van der Waals surface area contributed by atoms with Crippen molar-refractivity contribution in [2.45, 2.75) is 42.7 Å². The Hall–Kier alpha value is -2.20. The van der Waals surface area contributed by atoms with Crippen LogP contribution in [0, 0.1) is 0 Å². The van der Waals surface area contributed by atoms with Crippen LogP contribution >= 0.6 is 23.2 Å². The Bertz CT molecular complexity index is 1170. The van der Waals surface area contributed by atoms with E-state index in [1.807, 2.05) is 0 Å². The zero-order chi connectivity index (χ0) is 25.2. The van der Waals surface area contributed by atoms with Gasteiger partial charge in [-0.2, -0.15) is 4.31 Å². The predicted octanol–water partition coefficient (Wildman–Crippen LogP) is 4.23. The van der Waals surface area contributed by atoms with Gasteiger partial charge in [0.05, 0.1) is 25.7 Å². The average molecular weight is 543 g/mol. The molecule has 1 amide bonds. The second-order valence-corrected chi connectivity index (χ2v) is 11.2. The topological polar surface area (TPSA) is 85.4 Å². The van der Waals surface area contributed by atoms with Crippen LogP contribution in [-0.2, 0) is 14.8 Å². The number of halogens is 2. The summed E-state index contributed by atoms with van der Waals surface area (Å²) in [7, 11) is -0.856. The smallest absolute Gasteiger partial charge is 0.244 e. The zero-order valence-electron chi connectivity index (χ0n) is 19.6. The molecule has 2 aromatic rings. The number of carbonyl (C=O) groups excluding carboxylic acids is 1. The maximum absolute atomic E-state index is 13.6. The molecule has 8 nitrogen and oxygen atoms in total. The third kappa shape index (κ3) is 5.48. The SMILES string of the molecule is COc1ccc(OCCN2CC[C@H]3CCC[C@@H](C2=O)N3S(=O)(=O)c2cc(Cl)cc(Cl)c2)cc1OC. The molecule has 190 valence electrons. The summed E-state index contributed by atoms with van der Waals surface area (Å²) in [5.41, 5.74) is 0. The Labute approximate surface area is 215 Å². The van der Waals surface area contributed by atoms with Gasteiger partial charge in [0.25, 0.3) is 0 Å². The van der Waals surface area contributed by atoms with E-state index in [1.165, 1.54) is 22.5 Å². The summed E-state index contributed by atoms with van der Waals surface area (Å²) >= 11 is 12.1. The first-order valence-corrected chi connectivity index (χ1v) is 13.6. The first kappa shape index (κ1) is 25.9. The molecular weight excluding hydrogens is 515 g/mol. The second-order valence-electron chi connectivity index (χ2n) is 8.52. The third-order valence-corrected chi connectivity index (χ3v) is 8.78. The van der Waals surface area contributed by atoms with Gasteiger partial charge < -0.3 is 19.1 Å². The van der Waals surface area contributed by atoms with Gasteiger partial charge >= 0.3 is 0 Å². The van der Waals surface area contributed by atoms with Crippen molar-refractivity contribution in [1.29, 1.82) is 0 Å². The van der Waals surface area contributed by atoms with E-state index in [0.29, 0.717) is 49.6 Å². The number of benzene rings is 2. The van der Waals surface area contributed by atoms with Crippen LogP contribution in [-0.4, -0.2) is 69.5 Å². The van der Waals surface area contributed by atoms with Crippen LogP contribution in [0.3, 0.4) is 0 Å². The van der Waals surface area contributed by atoms with Gasteiger partial charge in [-0.3, -0.25) is 4.79 Å². The molecule has 2 saturated heterocycles. The molecule has 0 saturated carbocycles. The van der Waals surface area contributed by atoms with Gasteiger partial charge in [-0.25, -0.2) is 8.42 Å². The van der Waals surface area contributed by atoms with Crippen molar-refractivity contribution in [3.63, 3.8) is 0 Å². The Morgan fingerprint density at radius 2 is 1.69 bits per heavy atom. The van der Waals surface area contributed by atoms with Gasteiger partial charge in [-0.15, -0.1) is 0 Å². The number of sulfonamides is 1. The van der Waals surface area contributed by atoms with E-state index in [0.717, 1.165) is 6.42 Å². The number of rotatable bonds is 8. The van der Waals surface area contributed by atoms with Crippen LogP contribution in [0.15, 0.2) is 41.3 Å². The van der Waals surface area contributed by atoms with Gasteiger partial charge in [0.2, 0.25) is 15.9 Å². The van der Waals surface area contributed by atoms with E-state index in [-0.39, 0.29) is 33.5 Å². The fourth-order valence-electron chi connectivity index (χ4n) is 4.75. The highest BCUT2D eigenvalue weighted by Crippen LogP contribution is 2.36. The van der Waals surface area contributed by atoms with Crippen LogP contribution in [0.5, 0.6) is 17.2 Å². The van der Waals surface area contributed by atoms with E-state index in [2.05, 4.69) is 0 Å². The number of piperidine rings is 1. The van der Waals surface area contributed by atoms with Crippen LogP contribution in [0.2, 0.25) is 10.0 Å². The quantitative estimate of drug-likeness (QED) is 0.496. The Kier molecular flexibility index (Phi) is 8.00. The molecule has 0 spiro atoms. The molecule has 35 heavy (non-hydrogen) atoms. The molecule has 2 aliphatic heterocycles. The number of hydrogen-bond donors (Lipinski definition) is 0. The molecule has 2 bridgehead atoms. The molecule has 0 N–H and O–H groups in total. The molecule has 2 atom stereocenters. The highest BCUT2D eigenvalue weighted by molar-refractivity contribution is 7.89. The third-order valence-electron chi connectivity index (χ3n) is 6.41. The van der Waals surface area contributed by atoms with E-state index < -0.39 is 16.1 Å². The van der Waals surface area contributed by atoms with Crippen LogP contribution in [0.1, 0.15) is 25.7 Å². The molecule has 0 aliphatic carbocycles. The van der Waals surface area contributed by atoms with Gasteiger partial charge in [-0.1, -0.05) is 23.2 Å². The van der Waals surface area contributed by atoms with Gasteiger partial charge in [0, 0.05) is 28.7 Å². The molecule has 4 rings (SSSR count). The average Bonchev–Trinajstić information content (AvgIpc) is 2.91. The molecule has 11 heteroatoms. The van der Waals surface area contributed by atoms with Crippen molar-refractivity contribution in [3.05, 3.63) is 46.4 Å². The van der Waals surface area contributed by atoms with Crippen LogP contribution in [0.25, 0.3) is 0 Å². The van der Waals surface area contributed by atoms with Gasteiger partial charge in [0.15, 0.2) is 11.5 Å². The molecule has 2 aromatic carbocycles. The van der Waals surface area contributed by atoms with Crippen molar-refractivity contribution in [2.75, 3.05) is 33.9 Å². The lowest BCUT2D eigenvalue weighted by atomic mass is 9.97. The van der Waals surface area contributed by atoms with Gasteiger partial charge in [-0.05, 0) is 56.0 Å². The maximum Gasteiger partial charge on any atom is 0.244 e. The Morgan fingerprint density at radius 3 is 2.37 bits per heavy atom. The van der Waals surface area contributed by atoms with E-state index in [1.54, 1.807) is 37.3 Å². The minimum atomic E-state index is -3.96. The monoisotopic (exact) mass is 542 g/mol. The lowest BCUT2D eigenvalue weighted by Crippen LogP contribution is -2.53. The van der Waals surface area contributed by atoms with Crippen LogP contribution < -0.4 is 14.2 Å². The minimum Gasteiger partial charge on any atom is -0.493 e. The number of methoxy groups -OCH3 is 2. The zero-order valence-corrected chi connectivity index (χ0v) is 21.9. The van der Waals surface area contributed by atoms with Gasteiger partial charge in [0.1, 0.15) is 18.4 Å². The van der Waals surface area contributed by atoms with Crippen molar-refractivity contribution in [3.8, 4) is 17.2 Å². The number of fused-ring (bicyclic) bond motifs is 2. The summed E-state index contributed by atoms with van der Waals surface area (Å²) in [4.78, 5) is 15.2. The standard InChI is InChI=1S/C24H28Cl2N2O6S/c1-32-22-7-6-19(15-23(22)33-2)34-11-10-27-9-8-18-4-3-5-21(24(27)29)28(18)35(30,31)20-13-16(25)12-17(26)14-20/h6-7,12-15,18,21H,3-5,8-11H2,1-2H3/t18-,21+/m1/s1. The van der Waals surface area contributed by atoms with Crippen molar-refractivity contribution >= 4 is 39.1 Å². The number of amides is 1. The number of nitrogens with zero attached hydrogens (tertiary/aromatic N) is 2. The number of hydrogen-bond acceptors (Lipinski definition) is 6. The first-order valence-electron chi connectivity index (χ1n) is 11.4. The second kappa shape index (κ2) is 10.8. The molecule has 2 fully saturated rings. The lowest BCUT2D eigenvalue weighted by Gasteiger charge is -2.38. The first-order chi connectivity index (χ1) is 16.7. The Balaban J connectivity index is 1.50. The van der Waals surface area contributed by atoms with Crippen molar-refractivity contribution in [2.24, 2.45) is 0 Å².